The minimum atomic E-state index is -3.01. The van der Waals surface area contributed by atoms with Crippen molar-refractivity contribution in [3.8, 4) is 0 Å². The van der Waals surface area contributed by atoms with Gasteiger partial charge in [0, 0.05) is 18.8 Å². The van der Waals surface area contributed by atoms with Crippen molar-refractivity contribution in [2.75, 3.05) is 0 Å². The van der Waals surface area contributed by atoms with Crippen LogP contribution < -0.4 is 5.73 Å². The summed E-state index contributed by atoms with van der Waals surface area (Å²) in [5, 5.41) is 11.1. The Bertz CT molecular complexity index is 1090. The van der Waals surface area contributed by atoms with Gasteiger partial charge in [0.05, 0.1) is 11.8 Å². The summed E-state index contributed by atoms with van der Waals surface area (Å²) in [6, 6.07) is 7.65. The molecule has 2 heterocycles. The lowest BCUT2D eigenvalue weighted by molar-refractivity contribution is 0.0711. The highest BCUT2D eigenvalue weighted by Gasteiger charge is 2.37. The first kappa shape index (κ1) is 24.0. The zero-order chi connectivity index (χ0) is 24.1. The van der Waals surface area contributed by atoms with E-state index in [1.807, 2.05) is 43.2 Å². The van der Waals surface area contributed by atoms with Crippen molar-refractivity contribution < 1.29 is 22.8 Å². The molecule has 0 atom stereocenters. The summed E-state index contributed by atoms with van der Waals surface area (Å²) >= 11 is 0. The molecule has 0 radical (unpaired) electrons. The van der Waals surface area contributed by atoms with E-state index in [2.05, 4.69) is 15.3 Å². The lowest BCUT2D eigenvalue weighted by atomic mass is 9.97. The van der Waals surface area contributed by atoms with Crippen molar-refractivity contribution in [2.45, 2.75) is 51.6 Å². The lowest BCUT2D eigenvalue weighted by Gasteiger charge is -2.24. The molecule has 3 aromatic rings. The number of carbonyl (C=O) groups excluding carboxylic acids is 2. The molecule has 0 saturated heterocycles. The fourth-order valence-electron chi connectivity index (χ4n) is 3.40. The SMILES string of the molecule is CC(C)c1ccccc1CN(C(=O)c1c(C(F)F)n[nH]c1F)C1CC1.NC(=O)c1cn[nH]c1. The van der Waals surface area contributed by atoms with E-state index >= 15 is 0 Å². The Kier molecular flexibility index (Phi) is 7.52. The first-order chi connectivity index (χ1) is 15.7. The Morgan fingerprint density at radius 1 is 1.24 bits per heavy atom. The topological polar surface area (TPSA) is 121 Å². The number of aromatic nitrogens is 4. The van der Waals surface area contributed by atoms with E-state index in [-0.39, 0.29) is 18.5 Å². The zero-order valence-corrected chi connectivity index (χ0v) is 18.2. The summed E-state index contributed by atoms with van der Waals surface area (Å²) in [6.07, 6.45) is 1.40. The number of nitrogens with one attached hydrogen (secondary N) is 2. The fourth-order valence-corrected chi connectivity index (χ4v) is 3.40. The summed E-state index contributed by atoms with van der Waals surface area (Å²) in [5.74, 6) is -2.04. The van der Waals surface area contributed by atoms with Crippen LogP contribution in [0.25, 0.3) is 0 Å². The molecule has 0 spiro atoms. The van der Waals surface area contributed by atoms with E-state index in [9.17, 15) is 22.8 Å². The van der Waals surface area contributed by atoms with Gasteiger partial charge in [-0.2, -0.15) is 14.6 Å². The molecule has 1 aliphatic rings. The van der Waals surface area contributed by atoms with Crippen molar-refractivity contribution in [2.24, 2.45) is 5.73 Å². The first-order valence-corrected chi connectivity index (χ1v) is 10.4. The van der Waals surface area contributed by atoms with Crippen LogP contribution in [-0.2, 0) is 6.54 Å². The highest BCUT2D eigenvalue weighted by atomic mass is 19.3. The number of amides is 2. The molecule has 1 fully saturated rings. The van der Waals surface area contributed by atoms with E-state index < -0.39 is 35.4 Å². The van der Waals surface area contributed by atoms with Gasteiger partial charge in [0.1, 0.15) is 11.3 Å². The highest BCUT2D eigenvalue weighted by Crippen LogP contribution is 2.33. The molecule has 0 unspecified atom stereocenters. The number of alkyl halides is 2. The number of carbonyl (C=O) groups is 2. The van der Waals surface area contributed by atoms with Crippen LogP contribution in [0.4, 0.5) is 13.2 Å². The Morgan fingerprint density at radius 2 is 1.94 bits per heavy atom. The van der Waals surface area contributed by atoms with Crippen molar-refractivity contribution in [3.63, 3.8) is 0 Å². The Labute approximate surface area is 188 Å². The molecule has 1 saturated carbocycles. The molecule has 2 amide bonds. The molecular formula is C22H25F3N6O2. The minimum absolute atomic E-state index is 0.0486. The van der Waals surface area contributed by atoms with Crippen LogP contribution in [0.1, 0.15) is 76.6 Å². The first-order valence-electron chi connectivity index (χ1n) is 10.4. The number of hydrogen-bond donors (Lipinski definition) is 3. The van der Waals surface area contributed by atoms with Gasteiger partial charge in [0.15, 0.2) is 0 Å². The normalized spacial score (nSPS) is 13.1. The molecule has 176 valence electrons. The summed E-state index contributed by atoms with van der Waals surface area (Å²) < 4.78 is 40.0. The quantitative estimate of drug-likeness (QED) is 0.493. The summed E-state index contributed by atoms with van der Waals surface area (Å²) in [5.41, 5.74) is 5.82. The average Bonchev–Trinajstić information content (AvgIpc) is 3.29. The Balaban J connectivity index is 0.000000323. The van der Waals surface area contributed by atoms with Crippen LogP contribution in [0.3, 0.4) is 0 Å². The number of H-pyrrole nitrogens is 2. The van der Waals surface area contributed by atoms with Gasteiger partial charge >= 0.3 is 0 Å². The number of benzene rings is 1. The van der Waals surface area contributed by atoms with Crippen LogP contribution in [0.2, 0.25) is 0 Å². The molecule has 4 N–H and O–H groups in total. The fraction of sp³-hybridized carbons (Fsp3) is 0.364. The smallest absolute Gasteiger partial charge is 0.283 e. The van der Waals surface area contributed by atoms with E-state index in [1.54, 1.807) is 0 Å². The number of aromatic amines is 2. The molecular weight excluding hydrogens is 437 g/mol. The van der Waals surface area contributed by atoms with Crippen LogP contribution >= 0.6 is 0 Å². The molecule has 8 nitrogen and oxygen atoms in total. The predicted octanol–water partition coefficient (Wildman–Crippen LogP) is 3.92. The van der Waals surface area contributed by atoms with Crippen molar-refractivity contribution >= 4 is 11.8 Å². The van der Waals surface area contributed by atoms with Gasteiger partial charge in [-0.15, -0.1) is 0 Å². The van der Waals surface area contributed by atoms with Crippen LogP contribution in [0, 0.1) is 5.95 Å². The predicted molar refractivity (Wildman–Crippen MR) is 114 cm³/mol. The maximum atomic E-state index is 13.9. The number of rotatable bonds is 7. The monoisotopic (exact) mass is 462 g/mol. The van der Waals surface area contributed by atoms with E-state index in [0.717, 1.165) is 24.0 Å². The van der Waals surface area contributed by atoms with Gasteiger partial charge in [-0.3, -0.25) is 19.8 Å². The van der Waals surface area contributed by atoms with Gasteiger partial charge in [0.25, 0.3) is 18.2 Å². The maximum absolute atomic E-state index is 13.9. The van der Waals surface area contributed by atoms with Crippen LogP contribution in [-0.4, -0.2) is 43.2 Å². The van der Waals surface area contributed by atoms with E-state index in [4.69, 9.17) is 5.73 Å². The number of nitrogens with two attached hydrogens (primary N) is 1. The number of hydrogen-bond acceptors (Lipinski definition) is 4. The van der Waals surface area contributed by atoms with Crippen LogP contribution in [0.15, 0.2) is 36.7 Å². The van der Waals surface area contributed by atoms with E-state index in [1.165, 1.54) is 17.3 Å². The number of nitrogens with zero attached hydrogens (tertiary/aromatic N) is 3. The van der Waals surface area contributed by atoms with Gasteiger partial charge in [0.2, 0.25) is 5.95 Å². The van der Waals surface area contributed by atoms with Crippen molar-refractivity contribution in [3.05, 3.63) is 70.6 Å². The molecule has 0 aliphatic heterocycles. The molecule has 33 heavy (non-hydrogen) atoms. The maximum Gasteiger partial charge on any atom is 0.283 e. The average molecular weight is 462 g/mol. The standard InChI is InChI=1S/C18H20F3N3O.C4H5N3O/c1-10(2)13-6-4-3-5-11(13)9-24(12-7-8-12)18(25)14-15(16(19)20)22-23-17(14)21;5-4(8)3-1-6-7-2-3/h3-6,10,12,16H,7-9H2,1-2H3,(H,22,23);1-2H,(H2,5,8)(H,6,7). The second-order valence-electron chi connectivity index (χ2n) is 7.97. The molecule has 11 heteroatoms. The van der Waals surface area contributed by atoms with Gasteiger partial charge in [-0.25, -0.2) is 8.78 Å². The molecule has 2 aromatic heterocycles. The zero-order valence-electron chi connectivity index (χ0n) is 18.2. The third-order valence-electron chi connectivity index (χ3n) is 5.22. The third kappa shape index (κ3) is 5.79. The summed E-state index contributed by atoms with van der Waals surface area (Å²) in [6.45, 7) is 4.37. The largest absolute Gasteiger partial charge is 0.366 e. The Hall–Kier alpha value is -3.63. The summed E-state index contributed by atoms with van der Waals surface area (Å²) in [4.78, 5) is 24.5. The third-order valence-corrected chi connectivity index (χ3v) is 5.22. The van der Waals surface area contributed by atoms with Gasteiger partial charge < -0.3 is 10.6 Å². The minimum Gasteiger partial charge on any atom is -0.366 e. The number of primary amides is 1. The number of halogens is 3. The highest BCUT2D eigenvalue weighted by molar-refractivity contribution is 5.96. The van der Waals surface area contributed by atoms with Crippen molar-refractivity contribution in [1.82, 2.24) is 25.3 Å². The molecule has 1 aromatic carbocycles. The molecule has 4 rings (SSSR count). The second kappa shape index (κ2) is 10.3. The van der Waals surface area contributed by atoms with Crippen molar-refractivity contribution in [1.29, 1.82) is 0 Å². The van der Waals surface area contributed by atoms with E-state index in [0.29, 0.717) is 5.56 Å². The Morgan fingerprint density at radius 3 is 2.45 bits per heavy atom. The molecule has 1 aliphatic carbocycles. The van der Waals surface area contributed by atoms with Gasteiger partial charge in [-0.05, 0) is 29.9 Å². The van der Waals surface area contributed by atoms with Crippen LogP contribution in [0.5, 0.6) is 0 Å². The lowest BCUT2D eigenvalue weighted by Crippen LogP contribution is -2.34. The second-order valence-corrected chi connectivity index (χ2v) is 7.97. The molecule has 0 bridgehead atoms. The summed E-state index contributed by atoms with van der Waals surface area (Å²) in [7, 11) is 0. The van der Waals surface area contributed by atoms with Gasteiger partial charge in [-0.1, -0.05) is 38.1 Å².